The molecule has 0 spiro atoms. The fourth-order valence-electron chi connectivity index (χ4n) is 2.06. The summed E-state index contributed by atoms with van der Waals surface area (Å²) in [5.74, 6) is -0.242. The molecule has 0 aliphatic carbocycles. The second-order valence-electron chi connectivity index (χ2n) is 4.77. The van der Waals surface area contributed by atoms with Crippen molar-refractivity contribution in [3.8, 4) is 17.0 Å². The third-order valence-corrected chi connectivity index (χ3v) is 3.55. The number of carbonyl (C=O) groups excluding carboxylic acids is 1. The molecule has 0 saturated heterocycles. The summed E-state index contributed by atoms with van der Waals surface area (Å²) >= 11 is 6.01. The standard InChI is InChI=1S/C16H11ClFN3O3/c1-23-13-7-4-10(8-12(13)17)16(22)19-15-14(20-24-21-15)9-2-5-11(18)6-3-9/h2-8H,1H3,(H,19,21,22). The van der Waals surface area contributed by atoms with E-state index in [4.69, 9.17) is 16.3 Å². The van der Waals surface area contributed by atoms with Gasteiger partial charge in [-0.1, -0.05) is 11.6 Å². The minimum absolute atomic E-state index is 0.124. The molecule has 0 aliphatic heterocycles. The molecule has 122 valence electrons. The molecule has 0 fully saturated rings. The lowest BCUT2D eigenvalue weighted by Gasteiger charge is -2.06. The van der Waals surface area contributed by atoms with Crippen LogP contribution >= 0.6 is 11.6 Å². The third-order valence-electron chi connectivity index (χ3n) is 3.25. The predicted octanol–water partition coefficient (Wildman–Crippen LogP) is 3.79. The molecule has 0 saturated carbocycles. The zero-order valence-electron chi connectivity index (χ0n) is 12.4. The average molecular weight is 348 g/mol. The van der Waals surface area contributed by atoms with Gasteiger partial charge in [0.1, 0.15) is 11.6 Å². The molecule has 0 radical (unpaired) electrons. The smallest absolute Gasteiger partial charge is 0.257 e. The lowest BCUT2D eigenvalue weighted by atomic mass is 10.1. The molecular formula is C16H11ClFN3O3. The Balaban J connectivity index is 1.84. The molecule has 0 atom stereocenters. The molecule has 1 amide bonds. The highest BCUT2D eigenvalue weighted by molar-refractivity contribution is 6.32. The van der Waals surface area contributed by atoms with Crippen LogP contribution in [0.1, 0.15) is 10.4 Å². The number of amides is 1. The first kappa shape index (κ1) is 15.9. The molecule has 1 N–H and O–H groups in total. The molecule has 24 heavy (non-hydrogen) atoms. The number of ether oxygens (including phenoxy) is 1. The highest BCUT2D eigenvalue weighted by atomic mass is 35.5. The van der Waals surface area contributed by atoms with Gasteiger partial charge < -0.3 is 10.1 Å². The number of nitrogens with one attached hydrogen (secondary N) is 1. The number of halogens is 2. The van der Waals surface area contributed by atoms with Crippen molar-refractivity contribution in [2.75, 3.05) is 12.4 Å². The lowest BCUT2D eigenvalue weighted by Crippen LogP contribution is -2.13. The van der Waals surface area contributed by atoms with Crippen LogP contribution in [0.15, 0.2) is 47.1 Å². The van der Waals surface area contributed by atoms with Crippen LogP contribution in [0.3, 0.4) is 0 Å². The van der Waals surface area contributed by atoms with E-state index in [1.165, 1.54) is 37.4 Å². The van der Waals surface area contributed by atoms with Crippen molar-refractivity contribution in [1.29, 1.82) is 0 Å². The van der Waals surface area contributed by atoms with Crippen LogP contribution in [0, 0.1) is 5.82 Å². The van der Waals surface area contributed by atoms with Gasteiger partial charge in [-0.15, -0.1) is 0 Å². The number of rotatable bonds is 4. The second kappa shape index (κ2) is 6.67. The zero-order chi connectivity index (χ0) is 17.1. The van der Waals surface area contributed by atoms with Gasteiger partial charge in [0.2, 0.25) is 5.82 Å². The Hall–Kier alpha value is -2.93. The number of hydrogen-bond donors (Lipinski definition) is 1. The molecule has 3 rings (SSSR count). The SMILES string of the molecule is COc1ccc(C(=O)Nc2nonc2-c2ccc(F)cc2)cc1Cl. The Morgan fingerprint density at radius 3 is 2.62 bits per heavy atom. The van der Waals surface area contributed by atoms with Gasteiger partial charge in [-0.05, 0) is 52.8 Å². The molecule has 6 nitrogen and oxygen atoms in total. The summed E-state index contributed by atoms with van der Waals surface area (Å²) in [4.78, 5) is 12.3. The van der Waals surface area contributed by atoms with E-state index in [0.29, 0.717) is 27.6 Å². The van der Waals surface area contributed by atoms with Gasteiger partial charge in [0.05, 0.1) is 12.1 Å². The van der Waals surface area contributed by atoms with Crippen molar-refractivity contribution in [2.24, 2.45) is 0 Å². The van der Waals surface area contributed by atoms with Crippen molar-refractivity contribution >= 4 is 23.3 Å². The normalized spacial score (nSPS) is 10.5. The lowest BCUT2D eigenvalue weighted by molar-refractivity contribution is 0.102. The summed E-state index contributed by atoms with van der Waals surface area (Å²) in [6, 6.07) is 10.2. The number of carbonyl (C=O) groups is 1. The first-order valence-corrected chi connectivity index (χ1v) is 7.19. The second-order valence-corrected chi connectivity index (χ2v) is 5.18. The van der Waals surface area contributed by atoms with Crippen LogP contribution < -0.4 is 10.1 Å². The Morgan fingerprint density at radius 2 is 1.96 bits per heavy atom. The van der Waals surface area contributed by atoms with E-state index in [1.807, 2.05) is 0 Å². The number of nitrogens with zero attached hydrogens (tertiary/aromatic N) is 2. The summed E-state index contributed by atoms with van der Waals surface area (Å²) in [5, 5.41) is 10.3. The Morgan fingerprint density at radius 1 is 1.21 bits per heavy atom. The van der Waals surface area contributed by atoms with Gasteiger partial charge in [0, 0.05) is 11.1 Å². The van der Waals surface area contributed by atoms with E-state index in [9.17, 15) is 9.18 Å². The number of benzene rings is 2. The monoisotopic (exact) mass is 347 g/mol. The van der Waals surface area contributed by atoms with E-state index < -0.39 is 5.91 Å². The largest absolute Gasteiger partial charge is 0.495 e. The van der Waals surface area contributed by atoms with E-state index in [1.54, 1.807) is 12.1 Å². The van der Waals surface area contributed by atoms with Gasteiger partial charge in [0.25, 0.3) is 5.91 Å². The summed E-state index contributed by atoms with van der Waals surface area (Å²) in [7, 11) is 1.48. The zero-order valence-corrected chi connectivity index (χ0v) is 13.2. The van der Waals surface area contributed by atoms with Gasteiger partial charge in [0.15, 0.2) is 5.69 Å². The number of anilines is 1. The molecule has 0 aliphatic rings. The molecule has 1 heterocycles. The average Bonchev–Trinajstić information content (AvgIpc) is 3.03. The first-order chi connectivity index (χ1) is 11.6. The van der Waals surface area contributed by atoms with Gasteiger partial charge in [-0.3, -0.25) is 4.79 Å². The van der Waals surface area contributed by atoms with Crippen LogP contribution in [0.5, 0.6) is 5.75 Å². The van der Waals surface area contributed by atoms with Crippen LogP contribution in [0.4, 0.5) is 10.2 Å². The van der Waals surface area contributed by atoms with Crippen LogP contribution in [-0.4, -0.2) is 23.3 Å². The molecule has 3 aromatic rings. The molecule has 2 aromatic carbocycles. The maximum Gasteiger partial charge on any atom is 0.257 e. The quantitative estimate of drug-likeness (QED) is 0.777. The highest BCUT2D eigenvalue weighted by Crippen LogP contribution is 2.27. The van der Waals surface area contributed by atoms with Crippen LogP contribution in [-0.2, 0) is 0 Å². The van der Waals surface area contributed by atoms with Crippen molar-refractivity contribution in [3.63, 3.8) is 0 Å². The Labute approximate surface area is 141 Å². The van der Waals surface area contributed by atoms with E-state index in [2.05, 4.69) is 20.3 Å². The third kappa shape index (κ3) is 3.21. The number of aromatic nitrogens is 2. The topological polar surface area (TPSA) is 77.2 Å². The summed E-state index contributed by atoms with van der Waals surface area (Å²) in [5.41, 5.74) is 1.16. The number of methoxy groups -OCH3 is 1. The summed E-state index contributed by atoms with van der Waals surface area (Å²) < 4.78 is 22.7. The molecule has 0 unspecified atom stereocenters. The summed E-state index contributed by atoms with van der Waals surface area (Å²) in [6.45, 7) is 0. The fourth-order valence-corrected chi connectivity index (χ4v) is 2.31. The van der Waals surface area contributed by atoms with Gasteiger partial charge in [-0.25, -0.2) is 9.02 Å². The predicted molar refractivity (Wildman–Crippen MR) is 85.6 cm³/mol. The van der Waals surface area contributed by atoms with Crippen molar-refractivity contribution in [1.82, 2.24) is 10.3 Å². The van der Waals surface area contributed by atoms with Crippen molar-refractivity contribution in [2.45, 2.75) is 0 Å². The maximum atomic E-state index is 13.0. The first-order valence-electron chi connectivity index (χ1n) is 6.82. The minimum atomic E-state index is -0.446. The van der Waals surface area contributed by atoms with Crippen molar-refractivity contribution < 1.29 is 18.6 Å². The Bertz CT molecular complexity index is 881. The molecule has 0 bridgehead atoms. The maximum absolute atomic E-state index is 13.0. The van der Waals surface area contributed by atoms with Crippen LogP contribution in [0.25, 0.3) is 11.3 Å². The molecular weight excluding hydrogens is 337 g/mol. The highest BCUT2D eigenvalue weighted by Gasteiger charge is 2.17. The summed E-state index contributed by atoms with van der Waals surface area (Å²) in [6.07, 6.45) is 0. The van der Waals surface area contributed by atoms with E-state index in [0.717, 1.165) is 0 Å². The van der Waals surface area contributed by atoms with Gasteiger partial charge in [-0.2, -0.15) is 0 Å². The van der Waals surface area contributed by atoms with Crippen molar-refractivity contribution in [3.05, 3.63) is 58.9 Å². The minimum Gasteiger partial charge on any atom is -0.495 e. The number of hydrogen-bond acceptors (Lipinski definition) is 5. The Kier molecular flexibility index (Phi) is 4.43. The molecule has 8 heteroatoms. The van der Waals surface area contributed by atoms with E-state index in [-0.39, 0.29) is 11.6 Å². The van der Waals surface area contributed by atoms with Crippen LogP contribution in [0.2, 0.25) is 5.02 Å². The van der Waals surface area contributed by atoms with Gasteiger partial charge >= 0.3 is 0 Å². The molecule has 1 aromatic heterocycles. The fraction of sp³-hybridized carbons (Fsp3) is 0.0625. The van der Waals surface area contributed by atoms with E-state index >= 15 is 0 Å².